The Morgan fingerprint density at radius 2 is 2.27 bits per heavy atom. The molecule has 78 valence electrons. The smallest absolute Gasteiger partial charge is 0.179 e. The number of furan rings is 1. The van der Waals surface area contributed by atoms with Gasteiger partial charge in [0.25, 0.3) is 0 Å². The van der Waals surface area contributed by atoms with Gasteiger partial charge >= 0.3 is 0 Å². The zero-order chi connectivity index (χ0) is 11.0. The van der Waals surface area contributed by atoms with Crippen LogP contribution in [-0.4, -0.2) is 18.0 Å². The Kier molecular flexibility index (Phi) is 2.11. The molecule has 0 bridgehead atoms. The standard InChI is InChI=1S/C11H10O4/c1-6(12)8-5-9(14-2)11-7(10(8)13)3-4-15-11/h3-5,13H,1-2H3. The van der Waals surface area contributed by atoms with E-state index in [0.29, 0.717) is 16.7 Å². The van der Waals surface area contributed by atoms with Gasteiger partial charge in [-0.3, -0.25) is 4.79 Å². The topological polar surface area (TPSA) is 59.7 Å². The Labute approximate surface area is 86.1 Å². The molecule has 1 N–H and O–H groups in total. The Balaban J connectivity index is 2.84. The molecular weight excluding hydrogens is 196 g/mol. The number of carbonyl (C=O) groups excluding carboxylic acids is 1. The third-order valence-electron chi connectivity index (χ3n) is 2.27. The Bertz CT molecular complexity index is 525. The first-order valence-corrected chi connectivity index (χ1v) is 4.43. The maximum absolute atomic E-state index is 11.3. The number of hydrogen-bond donors (Lipinski definition) is 1. The number of benzene rings is 1. The van der Waals surface area contributed by atoms with E-state index in [-0.39, 0.29) is 17.1 Å². The van der Waals surface area contributed by atoms with Crippen LogP contribution >= 0.6 is 0 Å². The van der Waals surface area contributed by atoms with E-state index >= 15 is 0 Å². The second-order valence-corrected chi connectivity index (χ2v) is 3.19. The average Bonchev–Trinajstić information content (AvgIpc) is 2.67. The predicted molar refractivity (Wildman–Crippen MR) is 54.4 cm³/mol. The third kappa shape index (κ3) is 1.34. The van der Waals surface area contributed by atoms with Crippen molar-refractivity contribution in [2.24, 2.45) is 0 Å². The predicted octanol–water partition coefficient (Wildman–Crippen LogP) is 2.35. The molecule has 0 amide bonds. The molecule has 0 saturated carbocycles. The molecule has 0 spiro atoms. The highest BCUT2D eigenvalue weighted by Crippen LogP contribution is 2.36. The summed E-state index contributed by atoms with van der Waals surface area (Å²) in [5.74, 6) is 0.166. The van der Waals surface area contributed by atoms with Crippen LogP contribution in [0.5, 0.6) is 11.5 Å². The first-order valence-electron chi connectivity index (χ1n) is 4.43. The Morgan fingerprint density at radius 3 is 2.87 bits per heavy atom. The van der Waals surface area contributed by atoms with Crippen LogP contribution in [0, 0.1) is 0 Å². The fourth-order valence-electron chi connectivity index (χ4n) is 1.52. The number of aromatic hydroxyl groups is 1. The van der Waals surface area contributed by atoms with E-state index in [0.717, 1.165) is 0 Å². The maximum Gasteiger partial charge on any atom is 0.179 e. The molecule has 2 aromatic rings. The number of phenols is 1. The van der Waals surface area contributed by atoms with Gasteiger partial charge in [0.1, 0.15) is 5.75 Å². The van der Waals surface area contributed by atoms with Gasteiger partial charge in [-0.2, -0.15) is 0 Å². The van der Waals surface area contributed by atoms with Crippen LogP contribution in [0.1, 0.15) is 17.3 Å². The summed E-state index contributed by atoms with van der Waals surface area (Å²) in [7, 11) is 1.48. The van der Waals surface area contributed by atoms with Gasteiger partial charge in [-0.15, -0.1) is 0 Å². The fraction of sp³-hybridized carbons (Fsp3) is 0.182. The van der Waals surface area contributed by atoms with Crippen LogP contribution < -0.4 is 4.74 Å². The number of phenolic OH excluding ortho intramolecular Hbond substituents is 1. The van der Waals surface area contributed by atoms with Crippen LogP contribution in [0.15, 0.2) is 22.8 Å². The van der Waals surface area contributed by atoms with Crippen molar-refractivity contribution in [2.45, 2.75) is 6.92 Å². The van der Waals surface area contributed by atoms with Crippen LogP contribution in [0.25, 0.3) is 11.0 Å². The van der Waals surface area contributed by atoms with E-state index in [9.17, 15) is 9.90 Å². The number of ether oxygens (including phenoxy) is 1. The highest BCUT2D eigenvalue weighted by atomic mass is 16.5. The largest absolute Gasteiger partial charge is 0.506 e. The van der Waals surface area contributed by atoms with Gasteiger partial charge in [-0.25, -0.2) is 0 Å². The molecule has 1 aromatic heterocycles. The summed E-state index contributed by atoms with van der Waals surface area (Å²) in [5, 5.41) is 10.3. The normalized spacial score (nSPS) is 10.5. The van der Waals surface area contributed by atoms with E-state index in [1.165, 1.54) is 26.4 Å². The zero-order valence-electron chi connectivity index (χ0n) is 8.40. The summed E-state index contributed by atoms with van der Waals surface area (Å²) in [6.07, 6.45) is 1.44. The summed E-state index contributed by atoms with van der Waals surface area (Å²) in [4.78, 5) is 11.3. The monoisotopic (exact) mass is 206 g/mol. The number of fused-ring (bicyclic) bond motifs is 1. The summed E-state index contributed by atoms with van der Waals surface area (Å²) >= 11 is 0. The second-order valence-electron chi connectivity index (χ2n) is 3.19. The van der Waals surface area contributed by atoms with Crippen molar-refractivity contribution in [3.8, 4) is 11.5 Å². The van der Waals surface area contributed by atoms with Crippen molar-refractivity contribution < 1.29 is 19.1 Å². The first-order chi connectivity index (χ1) is 7.15. The molecule has 0 aliphatic carbocycles. The number of ketones is 1. The Hall–Kier alpha value is -1.97. The van der Waals surface area contributed by atoms with Crippen molar-refractivity contribution in [1.82, 2.24) is 0 Å². The summed E-state index contributed by atoms with van der Waals surface area (Å²) < 4.78 is 10.2. The van der Waals surface area contributed by atoms with Gasteiger partial charge in [-0.1, -0.05) is 0 Å². The highest BCUT2D eigenvalue weighted by molar-refractivity contribution is 6.04. The van der Waals surface area contributed by atoms with Crippen molar-refractivity contribution in [3.05, 3.63) is 24.0 Å². The molecule has 0 saturated heterocycles. The van der Waals surface area contributed by atoms with Gasteiger partial charge in [0.2, 0.25) is 0 Å². The highest BCUT2D eigenvalue weighted by Gasteiger charge is 2.16. The zero-order valence-corrected chi connectivity index (χ0v) is 8.40. The van der Waals surface area contributed by atoms with Gasteiger partial charge in [-0.05, 0) is 19.1 Å². The molecule has 0 unspecified atom stereocenters. The molecule has 0 atom stereocenters. The van der Waals surface area contributed by atoms with Crippen molar-refractivity contribution in [1.29, 1.82) is 0 Å². The average molecular weight is 206 g/mol. The molecule has 1 aromatic carbocycles. The van der Waals surface area contributed by atoms with Crippen LogP contribution in [0.3, 0.4) is 0 Å². The molecule has 0 aliphatic rings. The molecule has 2 rings (SSSR count). The molecule has 0 radical (unpaired) electrons. The number of methoxy groups -OCH3 is 1. The van der Waals surface area contributed by atoms with Crippen molar-refractivity contribution >= 4 is 16.8 Å². The number of hydrogen-bond acceptors (Lipinski definition) is 4. The quantitative estimate of drug-likeness (QED) is 0.766. The van der Waals surface area contributed by atoms with Gasteiger partial charge < -0.3 is 14.3 Å². The van der Waals surface area contributed by atoms with E-state index in [1.54, 1.807) is 6.07 Å². The molecular formula is C11H10O4. The first kappa shape index (κ1) is 9.58. The molecule has 15 heavy (non-hydrogen) atoms. The number of rotatable bonds is 2. The molecule has 4 heteroatoms. The SMILES string of the molecule is COc1cc(C(C)=O)c(O)c2ccoc12. The summed E-state index contributed by atoms with van der Waals surface area (Å²) in [6, 6.07) is 3.07. The number of carbonyl (C=O) groups is 1. The summed E-state index contributed by atoms with van der Waals surface area (Å²) in [5.41, 5.74) is 0.681. The second kappa shape index (κ2) is 3.31. The number of Topliss-reactive ketones (excluding diaryl/α,β-unsaturated/α-hetero) is 1. The van der Waals surface area contributed by atoms with E-state index in [2.05, 4.69) is 0 Å². The lowest BCUT2D eigenvalue weighted by Crippen LogP contribution is -1.95. The van der Waals surface area contributed by atoms with E-state index in [1.807, 2.05) is 0 Å². The Morgan fingerprint density at radius 1 is 1.53 bits per heavy atom. The minimum absolute atomic E-state index is 0.0629. The van der Waals surface area contributed by atoms with Crippen molar-refractivity contribution in [3.63, 3.8) is 0 Å². The summed E-state index contributed by atoms with van der Waals surface area (Å²) in [6.45, 7) is 1.39. The third-order valence-corrected chi connectivity index (χ3v) is 2.27. The lowest BCUT2D eigenvalue weighted by atomic mass is 10.1. The van der Waals surface area contributed by atoms with Crippen LogP contribution in [0.2, 0.25) is 0 Å². The van der Waals surface area contributed by atoms with Crippen molar-refractivity contribution in [2.75, 3.05) is 7.11 Å². The lowest BCUT2D eigenvalue weighted by molar-refractivity contribution is 0.101. The van der Waals surface area contributed by atoms with E-state index < -0.39 is 0 Å². The lowest BCUT2D eigenvalue weighted by Gasteiger charge is -2.06. The van der Waals surface area contributed by atoms with E-state index in [4.69, 9.17) is 9.15 Å². The molecule has 0 fully saturated rings. The maximum atomic E-state index is 11.3. The minimum atomic E-state index is -0.214. The van der Waals surface area contributed by atoms with Crippen LogP contribution in [-0.2, 0) is 0 Å². The van der Waals surface area contributed by atoms with Gasteiger partial charge in [0, 0.05) is 0 Å². The fourth-order valence-corrected chi connectivity index (χ4v) is 1.52. The molecule has 0 aliphatic heterocycles. The molecule has 4 nitrogen and oxygen atoms in total. The van der Waals surface area contributed by atoms with Gasteiger partial charge in [0.15, 0.2) is 17.1 Å². The van der Waals surface area contributed by atoms with Crippen LogP contribution in [0.4, 0.5) is 0 Å². The molecule has 1 heterocycles. The van der Waals surface area contributed by atoms with Gasteiger partial charge in [0.05, 0.1) is 24.3 Å². The minimum Gasteiger partial charge on any atom is -0.506 e.